The largest absolute Gasteiger partial charge is 0.489 e. The van der Waals surface area contributed by atoms with E-state index in [4.69, 9.17) is 9.47 Å². The lowest BCUT2D eigenvalue weighted by molar-refractivity contribution is 0.110. The molecule has 29 heavy (non-hydrogen) atoms. The van der Waals surface area contributed by atoms with Gasteiger partial charge in [0.2, 0.25) is 0 Å². The standard InChI is InChI=1S/C26H27NO2/c1-2-28-15-16-29-24-12-6-11-23-21-9-5-10-22(21)25(27-26(23)24)20-14-13-18-7-3-4-8-19(18)17-20/h3-9,11-14,17,21-22,25,27H,2,10,15-16H2,1H3. The van der Waals surface area contributed by atoms with E-state index in [0.717, 1.165) is 17.9 Å². The summed E-state index contributed by atoms with van der Waals surface area (Å²) in [4.78, 5) is 0. The molecule has 2 aliphatic rings. The lowest BCUT2D eigenvalue weighted by Gasteiger charge is -2.38. The Labute approximate surface area is 172 Å². The van der Waals surface area contributed by atoms with E-state index in [-0.39, 0.29) is 6.04 Å². The molecule has 0 saturated carbocycles. The van der Waals surface area contributed by atoms with Crippen molar-refractivity contribution < 1.29 is 9.47 Å². The number of rotatable bonds is 6. The smallest absolute Gasteiger partial charge is 0.142 e. The number of ether oxygens (including phenoxy) is 2. The van der Waals surface area contributed by atoms with Gasteiger partial charge in [0, 0.05) is 12.5 Å². The molecule has 3 heteroatoms. The quantitative estimate of drug-likeness (QED) is 0.412. The fraction of sp³-hybridized carbons (Fsp3) is 0.308. The van der Waals surface area contributed by atoms with Gasteiger partial charge in [-0.15, -0.1) is 0 Å². The summed E-state index contributed by atoms with van der Waals surface area (Å²) in [5, 5.41) is 6.43. The molecule has 1 aliphatic carbocycles. The topological polar surface area (TPSA) is 30.5 Å². The average Bonchev–Trinajstić information content (AvgIpc) is 3.26. The number of allylic oxidation sites excluding steroid dienone is 2. The maximum Gasteiger partial charge on any atom is 0.142 e. The van der Waals surface area contributed by atoms with E-state index in [2.05, 4.69) is 78.1 Å². The van der Waals surface area contributed by atoms with Crippen LogP contribution in [0.1, 0.15) is 36.4 Å². The average molecular weight is 386 g/mol. The van der Waals surface area contributed by atoms with E-state index in [1.54, 1.807) is 0 Å². The summed E-state index contributed by atoms with van der Waals surface area (Å²) in [6.07, 6.45) is 5.81. The van der Waals surface area contributed by atoms with Crippen molar-refractivity contribution in [3.8, 4) is 5.75 Å². The maximum atomic E-state index is 6.10. The van der Waals surface area contributed by atoms with Gasteiger partial charge in [-0.05, 0) is 53.3 Å². The molecule has 0 saturated heterocycles. The van der Waals surface area contributed by atoms with Crippen LogP contribution in [-0.2, 0) is 4.74 Å². The van der Waals surface area contributed by atoms with Gasteiger partial charge < -0.3 is 14.8 Å². The van der Waals surface area contributed by atoms with Crippen LogP contribution in [0.5, 0.6) is 5.75 Å². The third kappa shape index (κ3) is 3.40. The summed E-state index contributed by atoms with van der Waals surface area (Å²) in [6, 6.07) is 22.1. The van der Waals surface area contributed by atoms with Gasteiger partial charge in [0.1, 0.15) is 12.4 Å². The highest BCUT2D eigenvalue weighted by Crippen LogP contribution is 2.52. The molecular weight excluding hydrogens is 358 g/mol. The van der Waals surface area contributed by atoms with Crippen LogP contribution in [0.15, 0.2) is 72.8 Å². The number of benzene rings is 3. The van der Waals surface area contributed by atoms with Crippen LogP contribution >= 0.6 is 0 Å². The van der Waals surface area contributed by atoms with Crippen LogP contribution < -0.4 is 10.1 Å². The van der Waals surface area contributed by atoms with Gasteiger partial charge in [0.25, 0.3) is 0 Å². The van der Waals surface area contributed by atoms with Crippen LogP contribution in [0.3, 0.4) is 0 Å². The molecule has 3 aromatic carbocycles. The highest BCUT2D eigenvalue weighted by atomic mass is 16.5. The van der Waals surface area contributed by atoms with Gasteiger partial charge in [-0.1, -0.05) is 60.7 Å². The van der Waals surface area contributed by atoms with Crippen molar-refractivity contribution in [3.63, 3.8) is 0 Å². The first-order valence-electron chi connectivity index (χ1n) is 10.6. The Morgan fingerprint density at radius 1 is 0.966 bits per heavy atom. The Hall–Kier alpha value is -2.78. The van der Waals surface area contributed by atoms with Gasteiger partial charge in [-0.25, -0.2) is 0 Å². The Bertz CT molecular complexity index is 1040. The first-order valence-corrected chi connectivity index (χ1v) is 10.6. The molecule has 0 spiro atoms. The first-order chi connectivity index (χ1) is 14.3. The molecule has 3 aromatic rings. The minimum Gasteiger partial charge on any atom is -0.489 e. The van der Waals surface area contributed by atoms with E-state index >= 15 is 0 Å². The SMILES string of the molecule is CCOCCOc1cccc2c1NC(c1ccc3ccccc3c1)C1CC=CC21. The lowest BCUT2D eigenvalue weighted by atomic mass is 9.76. The third-order valence-corrected chi connectivity index (χ3v) is 6.18. The molecule has 0 amide bonds. The van der Waals surface area contributed by atoms with Crippen molar-refractivity contribution in [2.75, 3.05) is 25.1 Å². The third-order valence-electron chi connectivity index (χ3n) is 6.18. The molecule has 0 fully saturated rings. The van der Waals surface area contributed by atoms with Gasteiger partial charge in [0.15, 0.2) is 0 Å². The van der Waals surface area contributed by atoms with Crippen LogP contribution in [-0.4, -0.2) is 19.8 Å². The first kappa shape index (κ1) is 18.3. The number of hydrogen-bond donors (Lipinski definition) is 1. The van der Waals surface area contributed by atoms with Crippen LogP contribution in [0.4, 0.5) is 5.69 Å². The second-order valence-electron chi connectivity index (χ2n) is 7.85. The number of anilines is 1. The molecule has 1 N–H and O–H groups in total. The number of para-hydroxylation sites is 1. The fourth-order valence-electron chi connectivity index (χ4n) is 4.80. The van der Waals surface area contributed by atoms with Gasteiger partial charge in [0.05, 0.1) is 18.3 Å². The van der Waals surface area contributed by atoms with Crippen LogP contribution in [0, 0.1) is 5.92 Å². The van der Waals surface area contributed by atoms with Gasteiger partial charge in [-0.3, -0.25) is 0 Å². The van der Waals surface area contributed by atoms with E-state index in [0.29, 0.717) is 31.7 Å². The van der Waals surface area contributed by atoms with Crippen molar-refractivity contribution in [1.82, 2.24) is 0 Å². The van der Waals surface area contributed by atoms with E-state index < -0.39 is 0 Å². The molecule has 0 bridgehead atoms. The lowest BCUT2D eigenvalue weighted by Crippen LogP contribution is -2.29. The summed E-state index contributed by atoms with van der Waals surface area (Å²) >= 11 is 0. The van der Waals surface area contributed by atoms with E-state index in [1.807, 2.05) is 6.92 Å². The monoisotopic (exact) mass is 385 g/mol. The number of hydrogen-bond acceptors (Lipinski definition) is 3. The molecule has 0 aromatic heterocycles. The second-order valence-corrected chi connectivity index (χ2v) is 7.85. The van der Waals surface area contributed by atoms with Crippen molar-refractivity contribution in [2.24, 2.45) is 5.92 Å². The maximum absolute atomic E-state index is 6.10. The molecule has 1 aliphatic heterocycles. The van der Waals surface area contributed by atoms with Crippen LogP contribution in [0.25, 0.3) is 10.8 Å². The fourth-order valence-corrected chi connectivity index (χ4v) is 4.80. The normalized spacial score (nSPS) is 22.2. The van der Waals surface area contributed by atoms with Crippen molar-refractivity contribution in [2.45, 2.75) is 25.3 Å². The molecule has 1 heterocycles. The molecule has 3 atom stereocenters. The molecule has 3 unspecified atom stereocenters. The zero-order chi connectivity index (χ0) is 19.6. The highest BCUT2D eigenvalue weighted by Gasteiger charge is 2.39. The Balaban J connectivity index is 1.50. The molecule has 3 nitrogen and oxygen atoms in total. The van der Waals surface area contributed by atoms with Gasteiger partial charge >= 0.3 is 0 Å². The summed E-state index contributed by atoms with van der Waals surface area (Å²) in [5.41, 5.74) is 3.82. The van der Waals surface area contributed by atoms with Crippen LogP contribution in [0.2, 0.25) is 0 Å². The predicted molar refractivity (Wildman–Crippen MR) is 119 cm³/mol. The van der Waals surface area contributed by atoms with Crippen molar-refractivity contribution >= 4 is 16.5 Å². The Morgan fingerprint density at radius 3 is 2.76 bits per heavy atom. The van der Waals surface area contributed by atoms with Crippen molar-refractivity contribution in [3.05, 3.63) is 83.9 Å². The minimum absolute atomic E-state index is 0.267. The van der Waals surface area contributed by atoms with Crippen molar-refractivity contribution in [1.29, 1.82) is 0 Å². The second kappa shape index (κ2) is 7.92. The summed E-state index contributed by atoms with van der Waals surface area (Å²) in [5.74, 6) is 1.88. The molecule has 148 valence electrons. The summed E-state index contributed by atoms with van der Waals surface area (Å²) < 4.78 is 11.5. The Morgan fingerprint density at radius 2 is 1.86 bits per heavy atom. The Kier molecular flexibility index (Phi) is 4.99. The zero-order valence-corrected chi connectivity index (χ0v) is 16.8. The number of nitrogens with one attached hydrogen (secondary N) is 1. The molecule has 5 rings (SSSR count). The highest BCUT2D eigenvalue weighted by molar-refractivity contribution is 5.83. The van der Waals surface area contributed by atoms with E-state index in [9.17, 15) is 0 Å². The summed E-state index contributed by atoms with van der Waals surface area (Å²) in [7, 11) is 0. The molecule has 0 radical (unpaired) electrons. The predicted octanol–water partition coefficient (Wildman–Crippen LogP) is 6.08. The zero-order valence-electron chi connectivity index (χ0n) is 16.8. The van der Waals surface area contributed by atoms with Gasteiger partial charge in [-0.2, -0.15) is 0 Å². The number of fused-ring (bicyclic) bond motifs is 4. The summed E-state index contributed by atoms with van der Waals surface area (Å²) in [6.45, 7) is 3.90. The van der Waals surface area contributed by atoms with E-state index in [1.165, 1.54) is 21.9 Å². The molecular formula is C26H27NO2. The minimum atomic E-state index is 0.267.